The topological polar surface area (TPSA) is 85.2 Å². The highest BCUT2D eigenvalue weighted by Crippen LogP contribution is 2.40. The molecule has 2 N–H and O–H groups in total. The zero-order valence-corrected chi connectivity index (χ0v) is 11.4. The van der Waals surface area contributed by atoms with Gasteiger partial charge in [0, 0.05) is 6.61 Å². The first kappa shape index (κ1) is 14.9. The van der Waals surface area contributed by atoms with Gasteiger partial charge in [-0.05, 0) is 24.1 Å². The fourth-order valence-electron chi connectivity index (χ4n) is 1.86. The van der Waals surface area contributed by atoms with Crippen LogP contribution in [0.15, 0.2) is 12.1 Å². The molecule has 1 aliphatic rings. The summed E-state index contributed by atoms with van der Waals surface area (Å²) in [5, 5.41) is 18.2. The number of carbonyl (C=O) groups is 1. The van der Waals surface area contributed by atoms with Gasteiger partial charge >= 0.3 is 5.97 Å². The number of halogens is 1. The van der Waals surface area contributed by atoms with Gasteiger partial charge in [0.25, 0.3) is 0 Å². The first-order valence-corrected chi connectivity index (χ1v) is 6.55. The molecule has 1 aliphatic heterocycles. The summed E-state index contributed by atoms with van der Waals surface area (Å²) in [5.41, 5.74) is 0.379. The van der Waals surface area contributed by atoms with E-state index in [1.807, 2.05) is 0 Å². The van der Waals surface area contributed by atoms with E-state index in [1.165, 1.54) is 6.07 Å². The lowest BCUT2D eigenvalue weighted by Gasteiger charge is -2.22. The van der Waals surface area contributed by atoms with Crippen molar-refractivity contribution in [2.24, 2.45) is 0 Å². The highest BCUT2D eigenvalue weighted by Gasteiger charge is 2.25. The molecule has 0 spiro atoms. The van der Waals surface area contributed by atoms with E-state index >= 15 is 0 Å². The molecule has 20 heavy (non-hydrogen) atoms. The smallest absolute Gasteiger partial charge is 0.337 e. The van der Waals surface area contributed by atoms with Crippen LogP contribution in [0.5, 0.6) is 11.5 Å². The first-order valence-electron chi connectivity index (χ1n) is 6.17. The van der Waals surface area contributed by atoms with E-state index in [-0.39, 0.29) is 18.2 Å². The molecule has 0 bridgehead atoms. The molecule has 6 nitrogen and oxygen atoms in total. The van der Waals surface area contributed by atoms with Crippen molar-refractivity contribution < 1.29 is 29.2 Å². The Morgan fingerprint density at radius 3 is 2.85 bits per heavy atom. The maximum atomic E-state index is 11.3. The molecule has 0 aromatic heterocycles. The Morgan fingerprint density at radius 2 is 2.15 bits per heavy atom. The van der Waals surface area contributed by atoms with E-state index in [0.717, 1.165) is 0 Å². The summed E-state index contributed by atoms with van der Waals surface area (Å²) in [4.78, 5) is 11.3. The van der Waals surface area contributed by atoms with Crippen LogP contribution in [-0.2, 0) is 9.53 Å². The molecule has 0 saturated heterocycles. The number of hydrogen-bond donors (Lipinski definition) is 2. The van der Waals surface area contributed by atoms with Crippen LogP contribution in [0.1, 0.15) is 18.1 Å². The van der Waals surface area contributed by atoms with Crippen LogP contribution in [0.4, 0.5) is 0 Å². The third-order valence-electron chi connectivity index (χ3n) is 2.73. The summed E-state index contributed by atoms with van der Waals surface area (Å²) < 4.78 is 16.0. The largest absolute Gasteiger partial charge is 0.486 e. The first-order chi connectivity index (χ1) is 9.63. The monoisotopic (exact) mass is 302 g/mol. The van der Waals surface area contributed by atoms with Gasteiger partial charge in [0.05, 0.1) is 11.6 Å². The molecule has 0 amide bonds. The van der Waals surface area contributed by atoms with Gasteiger partial charge in [-0.1, -0.05) is 11.6 Å². The van der Waals surface area contributed by atoms with Gasteiger partial charge in [-0.2, -0.15) is 0 Å². The Bertz CT molecular complexity index is 490. The number of hydrogen-bond acceptors (Lipinski definition) is 5. The number of aliphatic hydroxyl groups is 1. The minimum atomic E-state index is -1.16. The average molecular weight is 303 g/mol. The lowest BCUT2D eigenvalue weighted by molar-refractivity contribution is -0.151. The van der Waals surface area contributed by atoms with E-state index in [2.05, 4.69) is 0 Å². The van der Waals surface area contributed by atoms with Crippen molar-refractivity contribution in [2.75, 3.05) is 26.4 Å². The number of carboxylic acid groups (broad SMARTS) is 1. The van der Waals surface area contributed by atoms with Crippen molar-refractivity contribution in [1.82, 2.24) is 0 Å². The molecule has 110 valence electrons. The molecule has 1 aromatic carbocycles. The quantitative estimate of drug-likeness (QED) is 0.777. The Morgan fingerprint density at radius 1 is 1.40 bits per heavy atom. The van der Waals surface area contributed by atoms with Gasteiger partial charge in [-0.25, -0.2) is 4.79 Å². The number of fused-ring (bicyclic) bond motifs is 1. The second-order valence-electron chi connectivity index (χ2n) is 4.19. The maximum Gasteiger partial charge on any atom is 0.337 e. The van der Waals surface area contributed by atoms with Gasteiger partial charge in [-0.3, -0.25) is 0 Å². The molecular formula is C13H15ClO6. The predicted octanol–water partition coefficient (Wildman–Crippen LogP) is 1.64. The molecule has 0 fully saturated rings. The van der Waals surface area contributed by atoms with Crippen LogP contribution < -0.4 is 9.47 Å². The molecule has 0 radical (unpaired) electrons. The molecule has 7 heteroatoms. The van der Waals surface area contributed by atoms with Crippen LogP contribution in [0, 0.1) is 0 Å². The Hall–Kier alpha value is -1.50. The van der Waals surface area contributed by atoms with E-state index < -0.39 is 12.1 Å². The summed E-state index contributed by atoms with van der Waals surface area (Å²) in [6.07, 6.45) is -0.794. The molecular weight excluding hydrogens is 288 g/mol. The predicted molar refractivity (Wildman–Crippen MR) is 70.5 cm³/mol. The summed E-state index contributed by atoms with van der Waals surface area (Å²) >= 11 is 6.06. The minimum absolute atomic E-state index is 0.0613. The number of carboxylic acids is 1. The summed E-state index contributed by atoms with van der Waals surface area (Å²) in [7, 11) is 0. The third kappa shape index (κ3) is 3.33. The Balaban J connectivity index is 2.24. The second-order valence-corrected chi connectivity index (χ2v) is 4.60. The fourth-order valence-corrected chi connectivity index (χ4v) is 2.13. The van der Waals surface area contributed by atoms with Crippen LogP contribution in [0.2, 0.25) is 5.02 Å². The highest BCUT2D eigenvalue weighted by molar-refractivity contribution is 6.32. The maximum absolute atomic E-state index is 11.3. The number of aliphatic carboxylic acids is 1. The number of ether oxygens (including phenoxy) is 3. The standard InChI is InChI=1S/C13H15ClO6/c14-9-6-8(7-10-12(9)20-5-4-18-10)11(13(16)17)19-3-1-2-15/h6-7,11,15H,1-5H2,(H,16,17). The number of rotatable bonds is 6. The van der Waals surface area contributed by atoms with Crippen LogP contribution in [0.3, 0.4) is 0 Å². The number of aliphatic hydroxyl groups excluding tert-OH is 1. The Kier molecular flexibility index (Phi) is 5.05. The van der Waals surface area contributed by atoms with E-state index in [4.69, 9.17) is 30.9 Å². The van der Waals surface area contributed by atoms with Gasteiger partial charge in [0.15, 0.2) is 17.6 Å². The average Bonchev–Trinajstić information content (AvgIpc) is 2.43. The van der Waals surface area contributed by atoms with E-state index in [9.17, 15) is 9.90 Å². The molecule has 1 aromatic rings. The van der Waals surface area contributed by atoms with E-state index in [0.29, 0.717) is 36.7 Å². The highest BCUT2D eigenvalue weighted by atomic mass is 35.5. The van der Waals surface area contributed by atoms with Crippen LogP contribution >= 0.6 is 11.6 Å². The third-order valence-corrected chi connectivity index (χ3v) is 3.01. The lowest BCUT2D eigenvalue weighted by atomic mass is 10.1. The van der Waals surface area contributed by atoms with Crippen molar-refractivity contribution in [3.05, 3.63) is 22.7 Å². The molecule has 0 aliphatic carbocycles. The minimum Gasteiger partial charge on any atom is -0.486 e. The van der Waals surface area contributed by atoms with E-state index in [1.54, 1.807) is 6.07 Å². The van der Waals surface area contributed by atoms with Crippen molar-refractivity contribution in [1.29, 1.82) is 0 Å². The van der Waals surface area contributed by atoms with Crippen molar-refractivity contribution in [3.8, 4) is 11.5 Å². The van der Waals surface area contributed by atoms with Crippen LogP contribution in [-0.4, -0.2) is 42.6 Å². The summed E-state index contributed by atoms with van der Waals surface area (Å²) in [6, 6.07) is 3.05. The zero-order chi connectivity index (χ0) is 14.5. The van der Waals surface area contributed by atoms with Crippen molar-refractivity contribution in [3.63, 3.8) is 0 Å². The van der Waals surface area contributed by atoms with Gasteiger partial charge in [0.2, 0.25) is 0 Å². The van der Waals surface area contributed by atoms with Gasteiger partial charge in [-0.15, -0.1) is 0 Å². The van der Waals surface area contributed by atoms with Gasteiger partial charge in [0.1, 0.15) is 13.2 Å². The molecule has 1 heterocycles. The second kappa shape index (κ2) is 6.78. The molecule has 2 rings (SSSR count). The lowest BCUT2D eigenvalue weighted by Crippen LogP contribution is -2.19. The van der Waals surface area contributed by atoms with Crippen LogP contribution in [0.25, 0.3) is 0 Å². The molecule has 1 atom stereocenters. The van der Waals surface area contributed by atoms with Gasteiger partial charge < -0.3 is 24.4 Å². The number of benzene rings is 1. The fraction of sp³-hybridized carbons (Fsp3) is 0.462. The van der Waals surface area contributed by atoms with Crippen molar-refractivity contribution >= 4 is 17.6 Å². The van der Waals surface area contributed by atoms with Crippen molar-refractivity contribution in [2.45, 2.75) is 12.5 Å². The summed E-state index contributed by atoms with van der Waals surface area (Å²) in [6.45, 7) is 0.866. The Labute approximate surface area is 120 Å². The zero-order valence-electron chi connectivity index (χ0n) is 10.7. The normalized spacial score (nSPS) is 14.9. The molecule has 1 unspecified atom stereocenters. The SMILES string of the molecule is O=C(O)C(OCCCO)c1cc(Cl)c2c(c1)OCCO2. The molecule has 0 saturated carbocycles. The summed E-state index contributed by atoms with van der Waals surface area (Å²) in [5.74, 6) is -0.299.